The second-order valence-corrected chi connectivity index (χ2v) is 5.01. The van der Waals surface area contributed by atoms with Crippen LogP contribution in [0.3, 0.4) is 0 Å². The molecule has 2 heterocycles. The normalized spacial score (nSPS) is 19.7. The number of nitrogens with zero attached hydrogens (tertiary/aromatic N) is 4. The van der Waals surface area contributed by atoms with Gasteiger partial charge >= 0.3 is 0 Å². The lowest BCUT2D eigenvalue weighted by atomic mass is 10.1. The predicted octanol–water partition coefficient (Wildman–Crippen LogP) is 0.923. The van der Waals surface area contributed by atoms with E-state index in [1.165, 1.54) is 6.42 Å². The monoisotopic (exact) mass is 245 g/mol. The number of aromatic nitrogens is 1. The van der Waals surface area contributed by atoms with Gasteiger partial charge in [0.15, 0.2) is 5.82 Å². The van der Waals surface area contributed by atoms with Crippen molar-refractivity contribution in [3.05, 3.63) is 17.8 Å². The summed E-state index contributed by atoms with van der Waals surface area (Å²) in [5.74, 6) is 1.36. The molecule has 0 saturated carbocycles. The summed E-state index contributed by atoms with van der Waals surface area (Å²) in [6, 6.07) is 3.74. The molecule has 0 radical (unpaired) electrons. The Kier molecular flexibility index (Phi) is 3.68. The number of nitriles is 1. The van der Waals surface area contributed by atoms with Crippen LogP contribution in [0.4, 0.5) is 11.5 Å². The van der Waals surface area contributed by atoms with Crippen molar-refractivity contribution in [1.82, 2.24) is 9.88 Å². The van der Waals surface area contributed by atoms with Crippen LogP contribution < -0.4 is 10.6 Å². The summed E-state index contributed by atoms with van der Waals surface area (Å²) < 4.78 is 0. The number of hydrogen-bond donors (Lipinski definition) is 1. The van der Waals surface area contributed by atoms with E-state index in [1.54, 1.807) is 12.3 Å². The minimum absolute atomic E-state index is 0.480. The zero-order valence-corrected chi connectivity index (χ0v) is 10.9. The molecule has 2 N–H and O–H groups in total. The van der Waals surface area contributed by atoms with Gasteiger partial charge in [0, 0.05) is 26.3 Å². The third-order valence-corrected chi connectivity index (χ3v) is 3.47. The van der Waals surface area contributed by atoms with Gasteiger partial charge in [-0.25, -0.2) is 4.98 Å². The highest BCUT2D eigenvalue weighted by Crippen LogP contribution is 2.24. The zero-order valence-electron chi connectivity index (χ0n) is 10.9. The first-order valence-corrected chi connectivity index (χ1v) is 6.16. The lowest BCUT2D eigenvalue weighted by Crippen LogP contribution is -2.28. The van der Waals surface area contributed by atoms with Crippen LogP contribution in [0.25, 0.3) is 0 Å². The Labute approximate surface area is 108 Å². The van der Waals surface area contributed by atoms with E-state index in [1.807, 2.05) is 7.05 Å². The standard InChI is InChI=1S/C13H19N5/c1-17-6-4-10(8-17)9-18(2)13-12(15)11(7-14)3-5-16-13/h3,5,10H,4,6,8-9,15H2,1-2H3. The molecule has 1 atom stereocenters. The first-order valence-electron chi connectivity index (χ1n) is 6.16. The zero-order chi connectivity index (χ0) is 13.1. The molecule has 0 aromatic carbocycles. The Morgan fingerprint density at radius 3 is 3.06 bits per heavy atom. The van der Waals surface area contributed by atoms with Crippen molar-refractivity contribution < 1.29 is 0 Å². The molecule has 1 unspecified atom stereocenters. The topological polar surface area (TPSA) is 69.2 Å². The van der Waals surface area contributed by atoms with Crippen LogP contribution in [-0.4, -0.2) is 43.6 Å². The van der Waals surface area contributed by atoms with Crippen LogP contribution in [0.5, 0.6) is 0 Å². The van der Waals surface area contributed by atoms with E-state index in [9.17, 15) is 0 Å². The fraction of sp³-hybridized carbons (Fsp3) is 0.538. The van der Waals surface area contributed by atoms with E-state index in [0.29, 0.717) is 23.0 Å². The molecule has 1 saturated heterocycles. The second-order valence-electron chi connectivity index (χ2n) is 5.01. The fourth-order valence-corrected chi connectivity index (χ4v) is 2.51. The summed E-state index contributed by atoms with van der Waals surface area (Å²) in [5, 5.41) is 8.96. The molecular formula is C13H19N5. The SMILES string of the molecule is CN1CCC(CN(C)c2nccc(C#N)c2N)C1. The van der Waals surface area contributed by atoms with Crippen LogP contribution >= 0.6 is 0 Å². The summed E-state index contributed by atoms with van der Waals surface area (Å²) in [7, 11) is 4.13. The van der Waals surface area contributed by atoms with Gasteiger partial charge in [0.25, 0.3) is 0 Å². The number of hydrogen-bond acceptors (Lipinski definition) is 5. The molecule has 1 aliphatic rings. The summed E-state index contributed by atoms with van der Waals surface area (Å²) >= 11 is 0. The van der Waals surface area contributed by atoms with Crippen LogP contribution in [0.1, 0.15) is 12.0 Å². The molecule has 2 rings (SSSR count). The molecule has 1 aliphatic heterocycles. The van der Waals surface area contributed by atoms with Crippen LogP contribution in [0, 0.1) is 17.2 Å². The van der Waals surface area contributed by atoms with Crippen molar-refractivity contribution in [2.75, 3.05) is 44.4 Å². The van der Waals surface area contributed by atoms with Crippen LogP contribution in [0.2, 0.25) is 0 Å². The summed E-state index contributed by atoms with van der Waals surface area (Å²) in [6.45, 7) is 3.19. The third kappa shape index (κ3) is 2.54. The highest BCUT2D eigenvalue weighted by molar-refractivity contribution is 5.69. The molecule has 0 aliphatic carbocycles. The molecule has 0 bridgehead atoms. The average Bonchev–Trinajstić information content (AvgIpc) is 2.75. The molecule has 1 aromatic heterocycles. The Hall–Kier alpha value is -1.80. The average molecular weight is 245 g/mol. The van der Waals surface area contributed by atoms with Crippen molar-refractivity contribution in [1.29, 1.82) is 5.26 Å². The smallest absolute Gasteiger partial charge is 0.152 e. The van der Waals surface area contributed by atoms with Gasteiger partial charge in [-0.2, -0.15) is 5.26 Å². The maximum atomic E-state index is 8.96. The first kappa shape index (κ1) is 12.7. The maximum absolute atomic E-state index is 8.96. The molecule has 96 valence electrons. The lowest BCUT2D eigenvalue weighted by molar-refractivity contribution is 0.395. The Morgan fingerprint density at radius 1 is 1.67 bits per heavy atom. The van der Waals surface area contributed by atoms with Gasteiger partial charge in [0.05, 0.1) is 11.3 Å². The predicted molar refractivity (Wildman–Crippen MR) is 72.2 cm³/mol. The van der Waals surface area contributed by atoms with Gasteiger partial charge in [-0.1, -0.05) is 0 Å². The molecule has 5 heteroatoms. The minimum Gasteiger partial charge on any atom is -0.395 e. The van der Waals surface area contributed by atoms with Crippen molar-refractivity contribution in [3.8, 4) is 6.07 Å². The van der Waals surface area contributed by atoms with Gasteiger partial charge in [-0.3, -0.25) is 0 Å². The number of rotatable bonds is 3. The van der Waals surface area contributed by atoms with Gasteiger partial charge in [0.2, 0.25) is 0 Å². The summed E-state index contributed by atoms with van der Waals surface area (Å²) in [5.41, 5.74) is 6.94. The second kappa shape index (κ2) is 5.23. The minimum atomic E-state index is 0.480. The van der Waals surface area contributed by atoms with E-state index in [4.69, 9.17) is 11.0 Å². The number of likely N-dealkylation sites (tertiary alicyclic amines) is 1. The number of anilines is 2. The summed E-state index contributed by atoms with van der Waals surface area (Å²) in [4.78, 5) is 8.67. The Balaban J connectivity index is 2.09. The van der Waals surface area contributed by atoms with Crippen molar-refractivity contribution >= 4 is 11.5 Å². The quantitative estimate of drug-likeness (QED) is 0.857. The molecule has 5 nitrogen and oxygen atoms in total. The van der Waals surface area contributed by atoms with E-state index in [2.05, 4.69) is 27.9 Å². The molecule has 1 aromatic rings. The molecule has 0 spiro atoms. The van der Waals surface area contributed by atoms with Gasteiger partial charge < -0.3 is 15.5 Å². The number of pyridine rings is 1. The lowest BCUT2D eigenvalue weighted by Gasteiger charge is -2.23. The van der Waals surface area contributed by atoms with Crippen molar-refractivity contribution in [2.24, 2.45) is 5.92 Å². The van der Waals surface area contributed by atoms with E-state index < -0.39 is 0 Å². The Bertz CT molecular complexity index is 465. The molecule has 0 amide bonds. The van der Waals surface area contributed by atoms with Gasteiger partial charge in [-0.15, -0.1) is 0 Å². The largest absolute Gasteiger partial charge is 0.395 e. The van der Waals surface area contributed by atoms with E-state index in [-0.39, 0.29) is 0 Å². The highest BCUT2D eigenvalue weighted by atomic mass is 15.2. The molecule has 1 fully saturated rings. The molecular weight excluding hydrogens is 226 g/mol. The van der Waals surface area contributed by atoms with Gasteiger partial charge in [-0.05, 0) is 32.0 Å². The number of nitrogens with two attached hydrogens (primary N) is 1. The van der Waals surface area contributed by atoms with Crippen molar-refractivity contribution in [3.63, 3.8) is 0 Å². The highest BCUT2D eigenvalue weighted by Gasteiger charge is 2.22. The number of nitrogen functional groups attached to an aromatic ring is 1. The van der Waals surface area contributed by atoms with Crippen molar-refractivity contribution in [2.45, 2.75) is 6.42 Å². The fourth-order valence-electron chi connectivity index (χ4n) is 2.51. The Morgan fingerprint density at radius 2 is 2.44 bits per heavy atom. The van der Waals surface area contributed by atoms with E-state index in [0.717, 1.165) is 19.6 Å². The van der Waals surface area contributed by atoms with Crippen LogP contribution in [0.15, 0.2) is 12.3 Å². The van der Waals surface area contributed by atoms with Gasteiger partial charge in [0.1, 0.15) is 6.07 Å². The van der Waals surface area contributed by atoms with Crippen LogP contribution in [-0.2, 0) is 0 Å². The van der Waals surface area contributed by atoms with E-state index >= 15 is 0 Å². The first-order chi connectivity index (χ1) is 8.61. The molecule has 18 heavy (non-hydrogen) atoms. The summed E-state index contributed by atoms with van der Waals surface area (Å²) in [6.07, 6.45) is 2.85. The maximum Gasteiger partial charge on any atom is 0.152 e. The third-order valence-electron chi connectivity index (χ3n) is 3.47.